The van der Waals surface area contributed by atoms with E-state index in [2.05, 4.69) is 5.32 Å². The van der Waals surface area contributed by atoms with Crippen LogP contribution in [-0.2, 0) is 15.0 Å². The van der Waals surface area contributed by atoms with E-state index in [0.717, 1.165) is 18.4 Å². The van der Waals surface area contributed by atoms with Gasteiger partial charge in [0.15, 0.2) is 0 Å². The summed E-state index contributed by atoms with van der Waals surface area (Å²) in [6, 6.07) is 7.21. The molecule has 2 fully saturated rings. The first kappa shape index (κ1) is 13.9. The predicted molar refractivity (Wildman–Crippen MR) is 80.6 cm³/mol. The number of carbonyl (C=O) groups is 2. The Bertz CT molecular complexity index is 563. The maximum atomic E-state index is 13.0. The van der Waals surface area contributed by atoms with Crippen molar-refractivity contribution in [1.29, 1.82) is 0 Å². The summed E-state index contributed by atoms with van der Waals surface area (Å²) in [5, 5.41) is 2.84. The quantitative estimate of drug-likeness (QED) is 0.816. The standard InChI is InChI=1S/C16H21N3O2/c1-2-13-14(20)18-9-10-19(13)15(21)16(7-8-16)11-3-5-12(17)6-4-11/h3-6,13H,2,7-10,17H2,1H3,(H,18,20). The maximum Gasteiger partial charge on any atom is 0.242 e. The van der Waals surface area contributed by atoms with E-state index in [9.17, 15) is 9.59 Å². The smallest absolute Gasteiger partial charge is 0.242 e. The Hall–Kier alpha value is -2.04. The van der Waals surface area contributed by atoms with Crippen molar-refractivity contribution in [3.05, 3.63) is 29.8 Å². The normalized spacial score (nSPS) is 23.6. The van der Waals surface area contributed by atoms with Crippen LogP contribution < -0.4 is 11.1 Å². The molecule has 1 aliphatic heterocycles. The third kappa shape index (κ3) is 2.26. The fourth-order valence-corrected chi connectivity index (χ4v) is 3.19. The lowest BCUT2D eigenvalue weighted by Crippen LogP contribution is -2.59. The number of hydrogen-bond donors (Lipinski definition) is 2. The molecule has 2 aliphatic rings. The van der Waals surface area contributed by atoms with Crippen molar-refractivity contribution < 1.29 is 9.59 Å². The van der Waals surface area contributed by atoms with Crippen LogP contribution >= 0.6 is 0 Å². The van der Waals surface area contributed by atoms with Gasteiger partial charge < -0.3 is 16.0 Å². The van der Waals surface area contributed by atoms with Crippen LogP contribution in [0.1, 0.15) is 31.7 Å². The summed E-state index contributed by atoms with van der Waals surface area (Å²) in [6.07, 6.45) is 2.35. The Morgan fingerprint density at radius 3 is 2.62 bits per heavy atom. The number of benzene rings is 1. The number of nitrogen functional groups attached to an aromatic ring is 1. The van der Waals surface area contributed by atoms with E-state index in [1.807, 2.05) is 31.2 Å². The molecule has 2 amide bonds. The van der Waals surface area contributed by atoms with E-state index in [1.165, 1.54) is 0 Å². The van der Waals surface area contributed by atoms with Crippen LogP contribution in [0.2, 0.25) is 0 Å². The van der Waals surface area contributed by atoms with E-state index in [-0.39, 0.29) is 17.9 Å². The van der Waals surface area contributed by atoms with Gasteiger partial charge in [-0.05, 0) is 37.0 Å². The van der Waals surface area contributed by atoms with Gasteiger partial charge in [0.25, 0.3) is 0 Å². The minimum atomic E-state index is -0.432. The number of nitrogens with zero attached hydrogens (tertiary/aromatic N) is 1. The highest BCUT2D eigenvalue weighted by Gasteiger charge is 2.54. The second-order valence-electron chi connectivity index (χ2n) is 5.92. The monoisotopic (exact) mass is 287 g/mol. The van der Waals surface area contributed by atoms with Crippen molar-refractivity contribution in [2.75, 3.05) is 18.8 Å². The zero-order valence-electron chi connectivity index (χ0n) is 12.3. The topological polar surface area (TPSA) is 75.4 Å². The molecule has 1 aliphatic carbocycles. The third-order valence-electron chi connectivity index (χ3n) is 4.60. The van der Waals surface area contributed by atoms with E-state index in [1.54, 1.807) is 4.90 Å². The van der Waals surface area contributed by atoms with Crippen LogP contribution in [0.3, 0.4) is 0 Å². The lowest BCUT2D eigenvalue weighted by Gasteiger charge is -2.37. The van der Waals surface area contributed by atoms with Crippen LogP contribution in [0.25, 0.3) is 0 Å². The lowest BCUT2D eigenvalue weighted by molar-refractivity contribution is -0.145. The summed E-state index contributed by atoms with van der Waals surface area (Å²) >= 11 is 0. The molecule has 1 aromatic rings. The summed E-state index contributed by atoms with van der Waals surface area (Å²) in [5.41, 5.74) is 7.01. The van der Waals surface area contributed by atoms with Crippen molar-refractivity contribution in [1.82, 2.24) is 10.2 Å². The van der Waals surface area contributed by atoms with Gasteiger partial charge in [0.05, 0.1) is 5.41 Å². The predicted octanol–water partition coefficient (Wildman–Crippen LogP) is 1.04. The molecule has 0 spiro atoms. The number of rotatable bonds is 3. The van der Waals surface area contributed by atoms with Crippen LogP contribution in [0.4, 0.5) is 5.69 Å². The number of nitrogens with two attached hydrogens (primary N) is 1. The second-order valence-corrected chi connectivity index (χ2v) is 5.92. The van der Waals surface area contributed by atoms with E-state index < -0.39 is 5.41 Å². The van der Waals surface area contributed by atoms with Crippen LogP contribution in [0, 0.1) is 0 Å². The number of carbonyl (C=O) groups excluding carboxylic acids is 2. The molecular formula is C16H21N3O2. The highest BCUT2D eigenvalue weighted by Crippen LogP contribution is 2.50. The molecule has 21 heavy (non-hydrogen) atoms. The molecule has 1 aromatic carbocycles. The number of amides is 2. The first-order valence-corrected chi connectivity index (χ1v) is 7.53. The van der Waals surface area contributed by atoms with Gasteiger partial charge in [0, 0.05) is 18.8 Å². The molecule has 0 bridgehead atoms. The first-order chi connectivity index (χ1) is 10.1. The Morgan fingerprint density at radius 2 is 2.05 bits per heavy atom. The summed E-state index contributed by atoms with van der Waals surface area (Å²) in [6.45, 7) is 3.08. The van der Waals surface area contributed by atoms with Gasteiger partial charge in [-0.2, -0.15) is 0 Å². The molecular weight excluding hydrogens is 266 g/mol. The summed E-state index contributed by atoms with van der Waals surface area (Å²) in [7, 11) is 0. The molecule has 0 radical (unpaired) electrons. The van der Waals surface area contributed by atoms with Gasteiger partial charge in [0.1, 0.15) is 6.04 Å². The molecule has 1 saturated carbocycles. The first-order valence-electron chi connectivity index (χ1n) is 7.53. The zero-order chi connectivity index (χ0) is 15.0. The third-order valence-corrected chi connectivity index (χ3v) is 4.60. The molecule has 1 saturated heterocycles. The summed E-state index contributed by atoms with van der Waals surface area (Å²) in [4.78, 5) is 26.7. The van der Waals surface area contributed by atoms with Crippen LogP contribution in [-0.4, -0.2) is 35.8 Å². The Kier molecular flexibility index (Phi) is 3.35. The van der Waals surface area contributed by atoms with Gasteiger partial charge in [-0.15, -0.1) is 0 Å². The van der Waals surface area contributed by atoms with Gasteiger partial charge >= 0.3 is 0 Å². The SMILES string of the molecule is CCC1C(=O)NCCN1C(=O)C1(c2ccc(N)cc2)CC1. The maximum absolute atomic E-state index is 13.0. The summed E-state index contributed by atoms with van der Waals surface area (Å²) in [5.74, 6) is 0.0548. The minimum Gasteiger partial charge on any atom is -0.399 e. The minimum absolute atomic E-state index is 0.0368. The van der Waals surface area contributed by atoms with Crippen LogP contribution in [0.15, 0.2) is 24.3 Å². The van der Waals surface area contributed by atoms with Crippen molar-refractivity contribution >= 4 is 17.5 Å². The molecule has 1 atom stereocenters. The van der Waals surface area contributed by atoms with Crippen molar-refractivity contribution in [3.63, 3.8) is 0 Å². The Labute approximate surface area is 124 Å². The number of piperazine rings is 1. The fraction of sp³-hybridized carbons (Fsp3) is 0.500. The molecule has 1 heterocycles. The highest BCUT2D eigenvalue weighted by molar-refractivity contribution is 5.96. The van der Waals surface area contributed by atoms with Gasteiger partial charge in [-0.25, -0.2) is 0 Å². The van der Waals surface area contributed by atoms with E-state index >= 15 is 0 Å². The number of hydrogen-bond acceptors (Lipinski definition) is 3. The van der Waals surface area contributed by atoms with Crippen LogP contribution in [0.5, 0.6) is 0 Å². The molecule has 1 unspecified atom stereocenters. The van der Waals surface area contributed by atoms with Gasteiger partial charge in [-0.1, -0.05) is 19.1 Å². The lowest BCUT2D eigenvalue weighted by atomic mass is 9.92. The van der Waals surface area contributed by atoms with Gasteiger partial charge in [0.2, 0.25) is 11.8 Å². The largest absolute Gasteiger partial charge is 0.399 e. The number of anilines is 1. The molecule has 112 valence electrons. The van der Waals surface area contributed by atoms with E-state index in [0.29, 0.717) is 25.2 Å². The van der Waals surface area contributed by atoms with E-state index in [4.69, 9.17) is 5.73 Å². The van der Waals surface area contributed by atoms with Crippen molar-refractivity contribution in [2.45, 2.75) is 37.6 Å². The van der Waals surface area contributed by atoms with Crippen molar-refractivity contribution in [3.8, 4) is 0 Å². The average Bonchev–Trinajstić information content (AvgIpc) is 3.28. The number of nitrogens with one attached hydrogen (secondary N) is 1. The molecule has 5 heteroatoms. The Balaban J connectivity index is 1.87. The fourth-order valence-electron chi connectivity index (χ4n) is 3.19. The second kappa shape index (κ2) is 5.06. The molecule has 5 nitrogen and oxygen atoms in total. The van der Waals surface area contributed by atoms with Crippen molar-refractivity contribution in [2.24, 2.45) is 0 Å². The zero-order valence-corrected chi connectivity index (χ0v) is 12.3. The molecule has 0 aromatic heterocycles. The summed E-state index contributed by atoms with van der Waals surface area (Å²) < 4.78 is 0. The highest BCUT2D eigenvalue weighted by atomic mass is 16.2. The molecule has 3 rings (SSSR count). The molecule has 3 N–H and O–H groups in total. The average molecular weight is 287 g/mol. The van der Waals surface area contributed by atoms with Gasteiger partial charge in [-0.3, -0.25) is 9.59 Å². The Morgan fingerprint density at radius 1 is 1.38 bits per heavy atom.